The molecule has 0 saturated carbocycles. The van der Waals surface area contributed by atoms with Crippen LogP contribution in [0.3, 0.4) is 0 Å². The molecule has 2 unspecified atom stereocenters. The normalized spacial score (nSPS) is 19.4. The van der Waals surface area contributed by atoms with Crippen LogP contribution < -0.4 is 0 Å². The van der Waals surface area contributed by atoms with Crippen LogP contribution in [0.15, 0.2) is 54.6 Å². The van der Waals surface area contributed by atoms with E-state index in [2.05, 4.69) is 0 Å². The van der Waals surface area contributed by atoms with E-state index in [1.165, 1.54) is 0 Å². The molecule has 1 N–H and O–H groups in total. The van der Waals surface area contributed by atoms with Crippen molar-refractivity contribution < 1.29 is 9.90 Å². The number of amides is 1. The van der Waals surface area contributed by atoms with E-state index >= 15 is 0 Å². The van der Waals surface area contributed by atoms with Crippen molar-refractivity contribution in [3.8, 4) is 0 Å². The van der Waals surface area contributed by atoms with Crippen molar-refractivity contribution in [1.29, 1.82) is 0 Å². The Balaban J connectivity index is 1.73. The van der Waals surface area contributed by atoms with Crippen molar-refractivity contribution in [1.82, 2.24) is 4.90 Å². The van der Waals surface area contributed by atoms with Gasteiger partial charge >= 0.3 is 0 Å². The maximum absolute atomic E-state index is 12.7. The second-order valence-electron chi connectivity index (χ2n) is 5.99. The molecular weight excluding hydrogens is 310 g/mol. The lowest BCUT2D eigenvalue weighted by molar-refractivity contribution is 0.0401. The van der Waals surface area contributed by atoms with E-state index in [0.29, 0.717) is 23.7 Å². The molecule has 2 aromatic rings. The highest BCUT2D eigenvalue weighted by atomic mass is 35.5. The summed E-state index contributed by atoms with van der Waals surface area (Å²) in [5.74, 6) is -0.00171. The maximum atomic E-state index is 12.7. The number of carbonyl (C=O) groups excluding carboxylic acids is 1. The van der Waals surface area contributed by atoms with Gasteiger partial charge in [-0.25, -0.2) is 0 Å². The molecule has 0 aromatic heterocycles. The van der Waals surface area contributed by atoms with Crippen molar-refractivity contribution in [2.45, 2.75) is 18.9 Å². The molecule has 0 radical (unpaired) electrons. The number of piperidine rings is 1. The topological polar surface area (TPSA) is 40.5 Å². The van der Waals surface area contributed by atoms with Crippen LogP contribution in [0.5, 0.6) is 0 Å². The summed E-state index contributed by atoms with van der Waals surface area (Å²) in [6.45, 7) is 1.27. The molecule has 2 aromatic carbocycles. The summed E-state index contributed by atoms with van der Waals surface area (Å²) >= 11 is 6.14. The zero-order valence-electron chi connectivity index (χ0n) is 12.9. The molecule has 0 spiro atoms. The van der Waals surface area contributed by atoms with Crippen LogP contribution in [-0.2, 0) is 0 Å². The molecule has 3 rings (SSSR count). The quantitative estimate of drug-likeness (QED) is 0.927. The van der Waals surface area contributed by atoms with Crippen molar-refractivity contribution in [2.24, 2.45) is 5.92 Å². The third-order valence-corrected chi connectivity index (χ3v) is 4.77. The minimum absolute atomic E-state index is 0.0533. The molecule has 120 valence electrons. The van der Waals surface area contributed by atoms with Gasteiger partial charge in [-0.1, -0.05) is 54.1 Å². The van der Waals surface area contributed by atoms with Gasteiger partial charge in [0.2, 0.25) is 0 Å². The summed E-state index contributed by atoms with van der Waals surface area (Å²) in [6.07, 6.45) is 1.27. The summed E-state index contributed by atoms with van der Waals surface area (Å²) in [5, 5.41) is 11.1. The molecule has 1 heterocycles. The summed E-state index contributed by atoms with van der Waals surface area (Å²) < 4.78 is 0. The molecule has 2 atom stereocenters. The van der Waals surface area contributed by atoms with Crippen LogP contribution in [0.25, 0.3) is 0 Å². The minimum atomic E-state index is -0.543. The van der Waals surface area contributed by atoms with Gasteiger partial charge in [-0.3, -0.25) is 4.79 Å². The first-order valence-corrected chi connectivity index (χ1v) is 8.31. The predicted molar refractivity (Wildman–Crippen MR) is 91.5 cm³/mol. The highest BCUT2D eigenvalue weighted by Gasteiger charge is 2.30. The van der Waals surface area contributed by atoms with Crippen molar-refractivity contribution in [2.75, 3.05) is 13.1 Å². The van der Waals surface area contributed by atoms with Crippen LogP contribution >= 0.6 is 11.6 Å². The van der Waals surface area contributed by atoms with Gasteiger partial charge in [0.25, 0.3) is 5.91 Å². The number of benzene rings is 2. The highest BCUT2D eigenvalue weighted by molar-refractivity contribution is 6.33. The second kappa shape index (κ2) is 7.16. The molecule has 1 aliphatic heterocycles. The Hall–Kier alpha value is -1.84. The summed E-state index contributed by atoms with van der Waals surface area (Å²) in [4.78, 5) is 14.5. The number of rotatable bonds is 3. The van der Waals surface area contributed by atoms with Crippen LogP contribution in [0.4, 0.5) is 0 Å². The van der Waals surface area contributed by atoms with E-state index in [1.54, 1.807) is 12.1 Å². The number of hydrogen-bond donors (Lipinski definition) is 1. The van der Waals surface area contributed by atoms with Gasteiger partial charge in [0, 0.05) is 19.0 Å². The fourth-order valence-electron chi connectivity index (χ4n) is 3.18. The van der Waals surface area contributed by atoms with Gasteiger partial charge < -0.3 is 10.0 Å². The van der Waals surface area contributed by atoms with E-state index in [-0.39, 0.29) is 11.8 Å². The number of carbonyl (C=O) groups is 1. The first-order chi connectivity index (χ1) is 11.2. The number of halogens is 1. The van der Waals surface area contributed by atoms with Crippen molar-refractivity contribution in [3.05, 3.63) is 70.7 Å². The van der Waals surface area contributed by atoms with E-state index in [9.17, 15) is 9.90 Å². The zero-order valence-corrected chi connectivity index (χ0v) is 13.6. The van der Waals surface area contributed by atoms with Crippen LogP contribution in [-0.4, -0.2) is 29.0 Å². The lowest BCUT2D eigenvalue weighted by Crippen LogP contribution is -2.41. The average molecular weight is 330 g/mol. The Kier molecular flexibility index (Phi) is 4.99. The van der Waals surface area contributed by atoms with Gasteiger partial charge in [-0.2, -0.15) is 0 Å². The third-order valence-electron chi connectivity index (χ3n) is 4.44. The Morgan fingerprint density at radius 1 is 1.13 bits per heavy atom. The van der Waals surface area contributed by atoms with Gasteiger partial charge in [-0.15, -0.1) is 0 Å². The average Bonchev–Trinajstić information content (AvgIpc) is 2.62. The van der Waals surface area contributed by atoms with E-state index in [4.69, 9.17) is 11.6 Å². The second-order valence-corrected chi connectivity index (χ2v) is 6.40. The SMILES string of the molecule is O=C(c1ccccc1Cl)N1CCCC(C(O)c2ccccc2)C1. The Labute approximate surface area is 141 Å². The molecule has 0 aliphatic carbocycles. The van der Waals surface area contributed by atoms with Crippen molar-refractivity contribution >= 4 is 17.5 Å². The Morgan fingerprint density at radius 2 is 1.83 bits per heavy atom. The number of aliphatic hydroxyl groups is 1. The first kappa shape index (κ1) is 16.0. The summed E-state index contributed by atoms with van der Waals surface area (Å²) in [7, 11) is 0. The predicted octanol–water partition coefficient (Wildman–Crippen LogP) is 3.93. The molecule has 0 bridgehead atoms. The Bertz CT molecular complexity index is 674. The fraction of sp³-hybridized carbons (Fsp3) is 0.316. The summed E-state index contributed by atoms with van der Waals surface area (Å²) in [5.41, 5.74) is 1.44. The van der Waals surface area contributed by atoms with Gasteiger partial charge in [0.15, 0.2) is 0 Å². The lowest BCUT2D eigenvalue weighted by atomic mass is 9.88. The largest absolute Gasteiger partial charge is 0.388 e. The molecule has 23 heavy (non-hydrogen) atoms. The summed E-state index contributed by atoms with van der Waals surface area (Å²) in [6, 6.07) is 16.8. The molecule has 1 aliphatic rings. The van der Waals surface area contributed by atoms with Gasteiger partial charge in [0.1, 0.15) is 0 Å². The molecule has 4 heteroatoms. The monoisotopic (exact) mass is 329 g/mol. The number of aliphatic hydroxyl groups excluding tert-OH is 1. The number of likely N-dealkylation sites (tertiary alicyclic amines) is 1. The Morgan fingerprint density at radius 3 is 2.57 bits per heavy atom. The third kappa shape index (κ3) is 3.57. The fourth-order valence-corrected chi connectivity index (χ4v) is 3.40. The first-order valence-electron chi connectivity index (χ1n) is 7.93. The van der Waals surface area contributed by atoms with E-state index < -0.39 is 6.10 Å². The molecule has 1 fully saturated rings. The van der Waals surface area contributed by atoms with E-state index in [1.807, 2.05) is 47.4 Å². The molecule has 1 amide bonds. The van der Waals surface area contributed by atoms with Crippen molar-refractivity contribution in [3.63, 3.8) is 0 Å². The highest BCUT2D eigenvalue weighted by Crippen LogP contribution is 2.30. The maximum Gasteiger partial charge on any atom is 0.255 e. The molecule has 3 nitrogen and oxygen atoms in total. The van der Waals surface area contributed by atoms with Gasteiger partial charge in [-0.05, 0) is 30.5 Å². The van der Waals surface area contributed by atoms with Crippen LogP contribution in [0, 0.1) is 5.92 Å². The van der Waals surface area contributed by atoms with Crippen LogP contribution in [0.2, 0.25) is 5.02 Å². The number of hydrogen-bond acceptors (Lipinski definition) is 2. The molecule has 1 saturated heterocycles. The minimum Gasteiger partial charge on any atom is -0.388 e. The van der Waals surface area contributed by atoms with E-state index in [0.717, 1.165) is 18.4 Å². The standard InChI is InChI=1S/C19H20ClNO2/c20-17-11-5-4-10-16(17)19(23)21-12-6-9-15(13-21)18(22)14-7-2-1-3-8-14/h1-5,7-8,10-11,15,18,22H,6,9,12-13H2. The number of nitrogens with zero attached hydrogens (tertiary/aromatic N) is 1. The van der Waals surface area contributed by atoms with Crippen LogP contribution in [0.1, 0.15) is 34.9 Å². The lowest BCUT2D eigenvalue weighted by Gasteiger charge is -2.35. The smallest absolute Gasteiger partial charge is 0.255 e. The van der Waals surface area contributed by atoms with Gasteiger partial charge in [0.05, 0.1) is 16.7 Å². The zero-order chi connectivity index (χ0) is 16.2. The molecular formula is C19H20ClNO2.